The van der Waals surface area contributed by atoms with Gasteiger partial charge in [-0.1, -0.05) is 25.0 Å². The molecule has 1 saturated carbocycles. The molecule has 4 rings (SSSR count). The molecule has 6 nitrogen and oxygen atoms in total. The lowest BCUT2D eigenvalue weighted by molar-refractivity contribution is -0.143. The number of piperidine rings is 1. The number of benzene rings is 1. The first-order chi connectivity index (χ1) is 14.9. The number of rotatable bonds is 5. The van der Waals surface area contributed by atoms with Crippen LogP contribution in [0.3, 0.4) is 0 Å². The first-order valence-corrected chi connectivity index (χ1v) is 11.6. The molecule has 1 N–H and O–H groups in total. The maximum Gasteiger partial charge on any atom is 0.243 e. The van der Waals surface area contributed by atoms with Crippen molar-refractivity contribution < 1.29 is 18.8 Å². The third kappa shape index (κ3) is 4.46. The normalized spacial score (nSPS) is 23.5. The lowest BCUT2D eigenvalue weighted by Gasteiger charge is -2.38. The molecule has 2 heterocycles. The SMILES string of the molecule is CCN1C(=O)C2(CCN(C(=O)Cc3cccc(F)c3)CC2)CC1C(=O)NC1CCCC1. The molecule has 3 amide bonds. The van der Waals surface area contributed by atoms with Crippen molar-refractivity contribution in [3.63, 3.8) is 0 Å². The Morgan fingerprint density at radius 1 is 1.19 bits per heavy atom. The number of likely N-dealkylation sites (tertiary alicyclic amines) is 2. The molecule has 1 unspecified atom stereocenters. The predicted octanol–water partition coefficient (Wildman–Crippen LogP) is 2.66. The molecular formula is C24H32FN3O3. The van der Waals surface area contributed by atoms with Crippen molar-refractivity contribution in [1.82, 2.24) is 15.1 Å². The van der Waals surface area contributed by atoms with Crippen LogP contribution >= 0.6 is 0 Å². The minimum absolute atomic E-state index is 0.0245. The van der Waals surface area contributed by atoms with E-state index in [0.29, 0.717) is 44.5 Å². The van der Waals surface area contributed by atoms with Gasteiger partial charge in [0.1, 0.15) is 11.9 Å². The number of nitrogens with zero attached hydrogens (tertiary/aromatic N) is 2. The molecule has 2 aliphatic heterocycles. The van der Waals surface area contributed by atoms with Crippen molar-refractivity contribution in [2.45, 2.75) is 70.4 Å². The first-order valence-electron chi connectivity index (χ1n) is 11.6. The minimum Gasteiger partial charge on any atom is -0.352 e. The molecule has 1 atom stereocenters. The van der Waals surface area contributed by atoms with Gasteiger partial charge in [0.05, 0.1) is 11.8 Å². The Kier molecular flexibility index (Phi) is 6.30. The second-order valence-electron chi connectivity index (χ2n) is 9.27. The Hall–Kier alpha value is -2.44. The third-order valence-electron chi connectivity index (χ3n) is 7.34. The van der Waals surface area contributed by atoms with Crippen LogP contribution in [0.15, 0.2) is 24.3 Å². The second-order valence-corrected chi connectivity index (χ2v) is 9.27. The molecule has 1 aromatic carbocycles. The summed E-state index contributed by atoms with van der Waals surface area (Å²) in [5.41, 5.74) is 0.103. The van der Waals surface area contributed by atoms with Gasteiger partial charge in [-0.25, -0.2) is 4.39 Å². The molecule has 0 aromatic heterocycles. The Labute approximate surface area is 183 Å². The summed E-state index contributed by atoms with van der Waals surface area (Å²) in [6.45, 7) is 3.43. The van der Waals surface area contributed by atoms with E-state index in [1.54, 1.807) is 21.9 Å². The van der Waals surface area contributed by atoms with Crippen molar-refractivity contribution in [3.05, 3.63) is 35.6 Å². The highest BCUT2D eigenvalue weighted by Crippen LogP contribution is 2.44. The largest absolute Gasteiger partial charge is 0.352 e. The van der Waals surface area contributed by atoms with E-state index in [9.17, 15) is 18.8 Å². The van der Waals surface area contributed by atoms with E-state index in [1.165, 1.54) is 12.1 Å². The molecule has 168 valence electrons. The molecule has 7 heteroatoms. The molecule has 1 aliphatic carbocycles. The molecule has 0 radical (unpaired) electrons. The molecule has 3 fully saturated rings. The van der Waals surface area contributed by atoms with Gasteiger partial charge < -0.3 is 15.1 Å². The van der Waals surface area contributed by atoms with Crippen molar-refractivity contribution in [2.75, 3.05) is 19.6 Å². The quantitative estimate of drug-likeness (QED) is 0.782. The number of likely N-dealkylation sites (N-methyl/N-ethyl adjacent to an activating group) is 1. The summed E-state index contributed by atoms with van der Waals surface area (Å²) in [5, 5.41) is 3.16. The van der Waals surface area contributed by atoms with Gasteiger partial charge in [0, 0.05) is 25.7 Å². The Bertz CT molecular complexity index is 844. The van der Waals surface area contributed by atoms with E-state index in [2.05, 4.69) is 5.32 Å². The number of carbonyl (C=O) groups excluding carboxylic acids is 3. The van der Waals surface area contributed by atoms with E-state index in [4.69, 9.17) is 0 Å². The molecule has 2 saturated heterocycles. The highest BCUT2D eigenvalue weighted by atomic mass is 19.1. The highest BCUT2D eigenvalue weighted by Gasteiger charge is 2.54. The average molecular weight is 430 g/mol. The van der Waals surface area contributed by atoms with Crippen molar-refractivity contribution in [2.24, 2.45) is 5.41 Å². The van der Waals surface area contributed by atoms with Crippen LogP contribution in [0, 0.1) is 11.2 Å². The molecule has 0 bridgehead atoms. The average Bonchev–Trinajstić information content (AvgIpc) is 3.35. The van der Waals surface area contributed by atoms with E-state index < -0.39 is 11.5 Å². The fraction of sp³-hybridized carbons (Fsp3) is 0.625. The maximum absolute atomic E-state index is 13.4. The zero-order valence-corrected chi connectivity index (χ0v) is 18.2. The van der Waals surface area contributed by atoms with Crippen molar-refractivity contribution in [3.8, 4) is 0 Å². The summed E-state index contributed by atoms with van der Waals surface area (Å²) in [6, 6.07) is 5.93. The molecule has 1 spiro atoms. The van der Waals surface area contributed by atoms with E-state index in [0.717, 1.165) is 25.7 Å². The molecule has 31 heavy (non-hydrogen) atoms. The Morgan fingerprint density at radius 2 is 1.90 bits per heavy atom. The van der Waals surface area contributed by atoms with Crippen LogP contribution < -0.4 is 5.32 Å². The first kappa shape index (κ1) is 21.8. The van der Waals surface area contributed by atoms with Crippen LogP contribution in [0.5, 0.6) is 0 Å². The van der Waals surface area contributed by atoms with Crippen LogP contribution in [-0.2, 0) is 20.8 Å². The van der Waals surface area contributed by atoms with Crippen molar-refractivity contribution >= 4 is 17.7 Å². The molecule has 1 aromatic rings. The lowest BCUT2D eigenvalue weighted by Crippen LogP contribution is -2.48. The number of carbonyl (C=O) groups is 3. The third-order valence-corrected chi connectivity index (χ3v) is 7.34. The fourth-order valence-electron chi connectivity index (χ4n) is 5.52. The number of nitrogens with one attached hydrogen (secondary N) is 1. The van der Waals surface area contributed by atoms with Gasteiger partial charge >= 0.3 is 0 Å². The van der Waals surface area contributed by atoms with E-state index in [-0.39, 0.29) is 36.0 Å². The molecule has 3 aliphatic rings. The summed E-state index contributed by atoms with van der Waals surface area (Å²) >= 11 is 0. The van der Waals surface area contributed by atoms with E-state index in [1.807, 2.05) is 6.92 Å². The summed E-state index contributed by atoms with van der Waals surface area (Å²) in [7, 11) is 0. The minimum atomic E-state index is -0.552. The highest BCUT2D eigenvalue weighted by molar-refractivity contribution is 5.94. The fourth-order valence-corrected chi connectivity index (χ4v) is 5.52. The van der Waals surface area contributed by atoms with E-state index >= 15 is 0 Å². The number of amides is 3. The summed E-state index contributed by atoms with van der Waals surface area (Å²) < 4.78 is 13.4. The Balaban J connectivity index is 1.38. The van der Waals surface area contributed by atoms with Gasteiger partial charge in [0.2, 0.25) is 17.7 Å². The number of hydrogen-bond acceptors (Lipinski definition) is 3. The maximum atomic E-state index is 13.4. The zero-order valence-electron chi connectivity index (χ0n) is 18.2. The summed E-state index contributed by atoms with van der Waals surface area (Å²) in [5.74, 6) is -0.364. The summed E-state index contributed by atoms with van der Waals surface area (Å²) in [6.07, 6.45) is 6.17. The monoisotopic (exact) mass is 429 g/mol. The van der Waals surface area contributed by atoms with Gasteiger partial charge in [0.25, 0.3) is 0 Å². The zero-order chi connectivity index (χ0) is 22.0. The van der Waals surface area contributed by atoms with Gasteiger partial charge in [-0.05, 0) is 56.7 Å². The van der Waals surface area contributed by atoms with Gasteiger partial charge in [-0.2, -0.15) is 0 Å². The number of hydrogen-bond donors (Lipinski definition) is 1. The van der Waals surface area contributed by atoms with Gasteiger partial charge in [-0.15, -0.1) is 0 Å². The predicted molar refractivity (Wildman–Crippen MR) is 115 cm³/mol. The standard InChI is InChI=1S/C24H32FN3O3/c1-2-28-20(22(30)26-19-8-3-4-9-19)16-24(23(28)31)10-12-27(13-11-24)21(29)15-17-6-5-7-18(25)14-17/h5-7,14,19-20H,2-4,8-13,15-16H2,1H3,(H,26,30). The smallest absolute Gasteiger partial charge is 0.243 e. The van der Waals surface area contributed by atoms with Crippen LogP contribution in [0.1, 0.15) is 57.4 Å². The van der Waals surface area contributed by atoms with Crippen LogP contribution in [-0.4, -0.2) is 59.2 Å². The van der Waals surface area contributed by atoms with Crippen molar-refractivity contribution in [1.29, 1.82) is 0 Å². The van der Waals surface area contributed by atoms with Gasteiger partial charge in [-0.3, -0.25) is 14.4 Å². The second kappa shape index (κ2) is 8.97. The van der Waals surface area contributed by atoms with Crippen LogP contribution in [0.2, 0.25) is 0 Å². The van der Waals surface area contributed by atoms with Crippen LogP contribution in [0.4, 0.5) is 4.39 Å². The topological polar surface area (TPSA) is 69.7 Å². The van der Waals surface area contributed by atoms with Crippen LogP contribution in [0.25, 0.3) is 0 Å². The summed E-state index contributed by atoms with van der Waals surface area (Å²) in [4.78, 5) is 42.4. The Morgan fingerprint density at radius 3 is 2.55 bits per heavy atom. The number of halogens is 1. The molecular weight excluding hydrogens is 397 g/mol. The van der Waals surface area contributed by atoms with Gasteiger partial charge in [0.15, 0.2) is 0 Å². The lowest BCUT2D eigenvalue weighted by atomic mass is 9.75.